The van der Waals surface area contributed by atoms with Crippen molar-refractivity contribution < 1.29 is 14.7 Å². The maximum atomic E-state index is 12.2. The number of nitrogens with zero attached hydrogens (tertiary/aromatic N) is 1. The van der Waals surface area contributed by atoms with E-state index in [4.69, 9.17) is 12.2 Å². The summed E-state index contributed by atoms with van der Waals surface area (Å²) in [5, 5.41) is 10.4. The lowest BCUT2D eigenvalue weighted by molar-refractivity contribution is -0.305. The normalized spacial score (nSPS) is 16.8. The Morgan fingerprint density at radius 3 is 2.67 bits per heavy atom. The lowest BCUT2D eigenvalue weighted by atomic mass is 10.1. The number of rotatable bonds is 5. The van der Waals surface area contributed by atoms with E-state index in [0.717, 1.165) is 11.1 Å². The SMILES string of the molecule is Cc1ccc(C=C2SC(=S)N(CCCC(=O)[O-])C2=O)cc1. The number of hydrogen-bond donors (Lipinski definition) is 0. The number of carboxylic acids is 1. The van der Waals surface area contributed by atoms with Crippen LogP contribution in [0.25, 0.3) is 6.08 Å². The van der Waals surface area contributed by atoms with Crippen molar-refractivity contribution in [3.63, 3.8) is 0 Å². The molecule has 1 amide bonds. The first-order valence-corrected chi connectivity index (χ1v) is 7.72. The summed E-state index contributed by atoms with van der Waals surface area (Å²) in [4.78, 5) is 24.7. The van der Waals surface area contributed by atoms with Gasteiger partial charge in [-0.05, 0) is 31.4 Å². The van der Waals surface area contributed by atoms with Gasteiger partial charge in [0, 0.05) is 12.5 Å². The van der Waals surface area contributed by atoms with Gasteiger partial charge in [-0.3, -0.25) is 9.69 Å². The fraction of sp³-hybridized carbons (Fsp3) is 0.267. The molecular formula is C15H14NO3S2-. The van der Waals surface area contributed by atoms with Crippen LogP contribution in [0.15, 0.2) is 29.2 Å². The highest BCUT2D eigenvalue weighted by Gasteiger charge is 2.31. The van der Waals surface area contributed by atoms with E-state index in [1.54, 1.807) is 6.08 Å². The molecule has 0 saturated carbocycles. The molecule has 2 rings (SSSR count). The van der Waals surface area contributed by atoms with Gasteiger partial charge in [0.1, 0.15) is 4.32 Å². The molecule has 1 aliphatic rings. The van der Waals surface area contributed by atoms with Crippen LogP contribution in [-0.2, 0) is 9.59 Å². The van der Waals surface area contributed by atoms with Crippen molar-refractivity contribution in [3.05, 3.63) is 40.3 Å². The summed E-state index contributed by atoms with van der Waals surface area (Å²) < 4.78 is 0.469. The van der Waals surface area contributed by atoms with Crippen molar-refractivity contribution in [2.75, 3.05) is 6.54 Å². The van der Waals surface area contributed by atoms with E-state index in [1.807, 2.05) is 31.2 Å². The molecule has 1 saturated heterocycles. The van der Waals surface area contributed by atoms with Gasteiger partial charge in [0.15, 0.2) is 0 Å². The number of thiocarbonyl (C=S) groups is 1. The Labute approximate surface area is 132 Å². The highest BCUT2D eigenvalue weighted by Crippen LogP contribution is 2.32. The molecule has 0 spiro atoms. The molecule has 0 aliphatic carbocycles. The zero-order valence-electron chi connectivity index (χ0n) is 11.5. The number of benzene rings is 1. The molecule has 110 valence electrons. The topological polar surface area (TPSA) is 60.4 Å². The minimum atomic E-state index is -1.12. The van der Waals surface area contributed by atoms with Gasteiger partial charge in [0.2, 0.25) is 0 Å². The maximum Gasteiger partial charge on any atom is 0.266 e. The predicted molar refractivity (Wildman–Crippen MR) is 85.3 cm³/mol. The Kier molecular flexibility index (Phi) is 5.14. The summed E-state index contributed by atoms with van der Waals surface area (Å²) in [6.07, 6.45) is 2.07. The van der Waals surface area contributed by atoms with Gasteiger partial charge in [-0.15, -0.1) is 0 Å². The fourth-order valence-corrected chi connectivity index (χ4v) is 3.20. The fourth-order valence-electron chi connectivity index (χ4n) is 1.89. The standard InChI is InChI=1S/C15H15NO3S2/c1-10-4-6-11(7-5-10)9-12-14(19)16(15(20)21-12)8-2-3-13(17)18/h4-7,9H,2-3,8H2,1H3,(H,17,18)/p-1. The van der Waals surface area contributed by atoms with Gasteiger partial charge in [-0.25, -0.2) is 0 Å². The maximum absolute atomic E-state index is 12.2. The number of aliphatic carboxylic acids is 1. The highest BCUT2D eigenvalue weighted by molar-refractivity contribution is 8.26. The monoisotopic (exact) mass is 320 g/mol. The number of carboxylic acid groups (broad SMARTS) is 1. The molecule has 6 heteroatoms. The molecule has 1 aromatic rings. The van der Waals surface area contributed by atoms with Crippen molar-refractivity contribution in [1.82, 2.24) is 4.90 Å². The van der Waals surface area contributed by atoms with Crippen molar-refractivity contribution in [2.24, 2.45) is 0 Å². The van der Waals surface area contributed by atoms with Crippen molar-refractivity contribution in [3.8, 4) is 0 Å². The summed E-state index contributed by atoms with van der Waals surface area (Å²) in [5.41, 5.74) is 2.10. The summed E-state index contributed by atoms with van der Waals surface area (Å²) in [5.74, 6) is -1.28. The summed E-state index contributed by atoms with van der Waals surface area (Å²) in [6.45, 7) is 2.31. The number of amides is 1. The second-order valence-electron chi connectivity index (χ2n) is 4.72. The summed E-state index contributed by atoms with van der Waals surface area (Å²) >= 11 is 6.42. The molecule has 1 fully saturated rings. The first kappa shape index (κ1) is 15.7. The van der Waals surface area contributed by atoms with Crippen molar-refractivity contribution in [1.29, 1.82) is 0 Å². The lowest BCUT2D eigenvalue weighted by Gasteiger charge is -2.14. The Bertz CT molecular complexity index is 608. The molecule has 1 heterocycles. The predicted octanol–water partition coefficient (Wildman–Crippen LogP) is 1.73. The molecule has 0 aromatic heterocycles. The molecule has 0 radical (unpaired) electrons. The second-order valence-corrected chi connectivity index (χ2v) is 6.40. The van der Waals surface area contributed by atoms with Gasteiger partial charge in [-0.1, -0.05) is 53.8 Å². The van der Waals surface area contributed by atoms with Gasteiger partial charge in [0.25, 0.3) is 5.91 Å². The first-order valence-electron chi connectivity index (χ1n) is 6.49. The molecule has 1 aliphatic heterocycles. The van der Waals surface area contributed by atoms with Crippen LogP contribution in [-0.4, -0.2) is 27.6 Å². The lowest BCUT2D eigenvalue weighted by Crippen LogP contribution is -2.30. The van der Waals surface area contributed by atoms with Crippen LogP contribution in [0.3, 0.4) is 0 Å². The third-order valence-electron chi connectivity index (χ3n) is 3.01. The molecule has 21 heavy (non-hydrogen) atoms. The van der Waals surface area contributed by atoms with Crippen LogP contribution in [0, 0.1) is 6.92 Å². The van der Waals surface area contributed by atoms with Crippen LogP contribution in [0.5, 0.6) is 0 Å². The van der Waals surface area contributed by atoms with Gasteiger partial charge < -0.3 is 9.90 Å². The van der Waals surface area contributed by atoms with E-state index >= 15 is 0 Å². The number of hydrogen-bond acceptors (Lipinski definition) is 5. The van der Waals surface area contributed by atoms with E-state index in [0.29, 0.717) is 22.2 Å². The zero-order chi connectivity index (χ0) is 15.4. The first-order chi connectivity index (χ1) is 9.97. The average molecular weight is 320 g/mol. The number of carbonyl (C=O) groups excluding carboxylic acids is 2. The van der Waals surface area contributed by atoms with Crippen molar-refractivity contribution in [2.45, 2.75) is 19.8 Å². The molecule has 0 unspecified atom stereocenters. The molecular weight excluding hydrogens is 306 g/mol. The minimum Gasteiger partial charge on any atom is -0.550 e. The number of aryl methyl sites for hydroxylation is 1. The molecule has 4 nitrogen and oxygen atoms in total. The van der Waals surface area contributed by atoms with E-state index in [-0.39, 0.29) is 12.3 Å². The summed E-state index contributed by atoms with van der Waals surface area (Å²) in [7, 11) is 0. The minimum absolute atomic E-state index is 0.0753. The zero-order valence-corrected chi connectivity index (χ0v) is 13.1. The van der Waals surface area contributed by atoms with E-state index in [1.165, 1.54) is 16.7 Å². The van der Waals surface area contributed by atoms with E-state index < -0.39 is 5.97 Å². The van der Waals surface area contributed by atoms with Gasteiger partial charge in [0.05, 0.1) is 4.91 Å². The highest BCUT2D eigenvalue weighted by atomic mass is 32.2. The number of carbonyl (C=O) groups is 2. The van der Waals surface area contributed by atoms with Crippen LogP contribution in [0.4, 0.5) is 0 Å². The Hall–Kier alpha value is -1.66. The number of thioether (sulfide) groups is 1. The molecule has 0 bridgehead atoms. The van der Waals surface area contributed by atoms with E-state index in [9.17, 15) is 14.7 Å². The summed E-state index contributed by atoms with van der Waals surface area (Å²) in [6, 6.07) is 7.84. The third kappa shape index (κ3) is 4.15. The third-order valence-corrected chi connectivity index (χ3v) is 4.39. The average Bonchev–Trinajstić information content (AvgIpc) is 2.68. The largest absolute Gasteiger partial charge is 0.550 e. The second kappa shape index (κ2) is 6.87. The molecule has 0 atom stereocenters. The van der Waals surface area contributed by atoms with Crippen LogP contribution < -0.4 is 5.11 Å². The van der Waals surface area contributed by atoms with Gasteiger partial charge >= 0.3 is 0 Å². The Morgan fingerprint density at radius 1 is 1.38 bits per heavy atom. The quantitative estimate of drug-likeness (QED) is 0.611. The smallest absolute Gasteiger partial charge is 0.266 e. The Balaban J connectivity index is 2.06. The molecule has 0 N–H and O–H groups in total. The van der Waals surface area contributed by atoms with Crippen LogP contribution in [0.2, 0.25) is 0 Å². The Morgan fingerprint density at radius 2 is 2.05 bits per heavy atom. The van der Waals surface area contributed by atoms with Crippen LogP contribution in [0.1, 0.15) is 24.0 Å². The van der Waals surface area contributed by atoms with Gasteiger partial charge in [-0.2, -0.15) is 0 Å². The van der Waals surface area contributed by atoms with Crippen molar-refractivity contribution >= 4 is 46.3 Å². The van der Waals surface area contributed by atoms with E-state index in [2.05, 4.69) is 0 Å². The van der Waals surface area contributed by atoms with Crippen LogP contribution >= 0.6 is 24.0 Å². The molecule has 1 aromatic carbocycles.